The van der Waals surface area contributed by atoms with Gasteiger partial charge in [-0.15, -0.1) is 0 Å². The van der Waals surface area contributed by atoms with E-state index in [0.29, 0.717) is 23.6 Å². The van der Waals surface area contributed by atoms with Gasteiger partial charge in [-0.3, -0.25) is 9.69 Å². The van der Waals surface area contributed by atoms with E-state index in [1.165, 1.54) is 6.42 Å². The molecule has 1 N–H and O–H groups in total. The molecule has 0 spiro atoms. The Morgan fingerprint density at radius 1 is 1.06 bits per heavy atom. The van der Waals surface area contributed by atoms with E-state index in [1.54, 1.807) is 37.7 Å². The summed E-state index contributed by atoms with van der Waals surface area (Å²) in [6, 6.07) is 12.7. The number of aromatic nitrogens is 2. The molecule has 0 bridgehead atoms. The molecule has 3 aromatic rings. The molecule has 0 saturated carbocycles. The first kappa shape index (κ1) is 21.8. The molecule has 4 rings (SSSR count). The number of amides is 1. The third-order valence-corrected chi connectivity index (χ3v) is 5.70. The molecule has 0 atom stereocenters. The van der Waals surface area contributed by atoms with Crippen molar-refractivity contribution in [1.82, 2.24) is 14.9 Å². The van der Waals surface area contributed by atoms with Crippen LogP contribution >= 0.6 is 0 Å². The molecule has 166 valence electrons. The van der Waals surface area contributed by atoms with Crippen LogP contribution in [0.15, 0.2) is 48.8 Å². The van der Waals surface area contributed by atoms with Gasteiger partial charge in [-0.25, -0.2) is 9.97 Å². The van der Waals surface area contributed by atoms with Crippen molar-refractivity contribution in [1.29, 1.82) is 0 Å². The number of nitrogens with one attached hydrogen (secondary N) is 1. The lowest BCUT2D eigenvalue weighted by Gasteiger charge is -2.30. The molecule has 32 heavy (non-hydrogen) atoms. The van der Waals surface area contributed by atoms with Crippen molar-refractivity contribution in [3.63, 3.8) is 0 Å². The molecule has 1 aliphatic heterocycles. The fourth-order valence-corrected chi connectivity index (χ4v) is 3.75. The van der Waals surface area contributed by atoms with Crippen molar-refractivity contribution >= 4 is 11.6 Å². The molecular formula is C25H28N4O3. The Kier molecular flexibility index (Phi) is 6.66. The number of hydrogen-bond acceptors (Lipinski definition) is 6. The number of anilines is 1. The SMILES string of the molecule is COc1ccc(C(=O)Nc2ccc(OCCN3CCC3)c(-c3c(C)ncnc3C)c2)cc1. The maximum absolute atomic E-state index is 12.8. The van der Waals surface area contributed by atoms with Crippen molar-refractivity contribution < 1.29 is 14.3 Å². The topological polar surface area (TPSA) is 76.6 Å². The highest BCUT2D eigenvalue weighted by atomic mass is 16.5. The number of nitrogens with zero attached hydrogens (tertiary/aromatic N) is 3. The third-order valence-electron chi connectivity index (χ3n) is 5.70. The number of ether oxygens (including phenoxy) is 2. The summed E-state index contributed by atoms with van der Waals surface area (Å²) in [6.45, 7) is 7.69. The quantitative estimate of drug-likeness (QED) is 0.577. The van der Waals surface area contributed by atoms with Gasteiger partial charge in [-0.1, -0.05) is 0 Å². The smallest absolute Gasteiger partial charge is 0.255 e. The van der Waals surface area contributed by atoms with Crippen LogP contribution in [-0.2, 0) is 0 Å². The fraction of sp³-hybridized carbons (Fsp3) is 0.320. The van der Waals surface area contributed by atoms with Gasteiger partial charge in [-0.05, 0) is 75.8 Å². The fourth-order valence-electron chi connectivity index (χ4n) is 3.75. The normalized spacial score (nSPS) is 13.3. The van der Waals surface area contributed by atoms with Gasteiger partial charge < -0.3 is 14.8 Å². The van der Waals surface area contributed by atoms with Crippen LogP contribution in [0.5, 0.6) is 11.5 Å². The number of rotatable bonds is 8. The molecule has 0 unspecified atom stereocenters. The predicted octanol–water partition coefficient (Wildman–Crippen LogP) is 4.11. The molecular weight excluding hydrogens is 404 g/mol. The van der Waals surface area contributed by atoms with Crippen molar-refractivity contribution in [2.24, 2.45) is 0 Å². The van der Waals surface area contributed by atoms with Crippen molar-refractivity contribution in [2.45, 2.75) is 20.3 Å². The Balaban J connectivity index is 1.59. The Labute approximate surface area is 188 Å². The van der Waals surface area contributed by atoms with Crippen LogP contribution in [0.1, 0.15) is 28.2 Å². The minimum absolute atomic E-state index is 0.192. The van der Waals surface area contributed by atoms with Gasteiger partial charge in [0.25, 0.3) is 5.91 Å². The van der Waals surface area contributed by atoms with Crippen molar-refractivity contribution in [3.05, 3.63) is 65.7 Å². The van der Waals surface area contributed by atoms with Crippen molar-refractivity contribution in [3.8, 4) is 22.6 Å². The molecule has 7 nitrogen and oxygen atoms in total. The molecule has 1 aromatic heterocycles. The number of carbonyl (C=O) groups excluding carboxylic acids is 1. The van der Waals surface area contributed by atoms with Gasteiger partial charge >= 0.3 is 0 Å². The zero-order valence-corrected chi connectivity index (χ0v) is 18.7. The van der Waals surface area contributed by atoms with Gasteiger partial charge in [0.2, 0.25) is 0 Å². The number of methoxy groups -OCH3 is 1. The summed E-state index contributed by atoms with van der Waals surface area (Å²) in [6.07, 6.45) is 2.82. The molecule has 0 aliphatic carbocycles. The largest absolute Gasteiger partial charge is 0.497 e. The molecule has 1 amide bonds. The van der Waals surface area contributed by atoms with E-state index in [-0.39, 0.29) is 5.91 Å². The lowest BCUT2D eigenvalue weighted by molar-refractivity contribution is 0.102. The summed E-state index contributed by atoms with van der Waals surface area (Å²) in [7, 11) is 1.60. The van der Waals surface area contributed by atoms with E-state index >= 15 is 0 Å². The van der Waals surface area contributed by atoms with Crippen LogP contribution in [0.3, 0.4) is 0 Å². The zero-order valence-electron chi connectivity index (χ0n) is 18.7. The highest BCUT2D eigenvalue weighted by molar-refractivity contribution is 6.04. The molecule has 0 radical (unpaired) electrons. The maximum Gasteiger partial charge on any atom is 0.255 e. The predicted molar refractivity (Wildman–Crippen MR) is 124 cm³/mol. The second kappa shape index (κ2) is 9.78. The van der Waals surface area contributed by atoms with Crippen LogP contribution in [0.2, 0.25) is 0 Å². The molecule has 2 aromatic carbocycles. The van der Waals surface area contributed by atoms with Gasteiger partial charge in [0, 0.05) is 40.3 Å². The standard InChI is InChI=1S/C25H28N4O3/c1-17-24(18(2)27-16-26-17)22-15-20(7-10-23(22)32-14-13-29-11-4-12-29)28-25(30)19-5-8-21(31-3)9-6-19/h5-10,15-16H,4,11-14H2,1-3H3,(H,28,30). The third kappa shape index (κ3) is 4.89. The average Bonchev–Trinajstić information content (AvgIpc) is 2.76. The van der Waals surface area contributed by atoms with Crippen LogP contribution in [0.25, 0.3) is 11.1 Å². The highest BCUT2D eigenvalue weighted by Crippen LogP contribution is 2.35. The maximum atomic E-state index is 12.8. The lowest BCUT2D eigenvalue weighted by atomic mass is 10.0. The Bertz CT molecular complexity index is 1070. The average molecular weight is 433 g/mol. The highest BCUT2D eigenvalue weighted by Gasteiger charge is 2.17. The lowest BCUT2D eigenvalue weighted by Crippen LogP contribution is -2.39. The first-order valence-corrected chi connectivity index (χ1v) is 10.8. The van der Waals surface area contributed by atoms with E-state index in [0.717, 1.165) is 47.9 Å². The zero-order chi connectivity index (χ0) is 22.5. The minimum atomic E-state index is -0.192. The van der Waals surface area contributed by atoms with Gasteiger partial charge in [-0.2, -0.15) is 0 Å². The molecule has 1 fully saturated rings. The van der Waals surface area contributed by atoms with E-state index in [9.17, 15) is 4.79 Å². The van der Waals surface area contributed by atoms with E-state index < -0.39 is 0 Å². The second-order valence-corrected chi connectivity index (χ2v) is 7.86. The summed E-state index contributed by atoms with van der Waals surface area (Å²) in [4.78, 5) is 23.9. The number of likely N-dealkylation sites (tertiary alicyclic amines) is 1. The summed E-state index contributed by atoms with van der Waals surface area (Å²) in [5, 5.41) is 2.98. The van der Waals surface area contributed by atoms with Crippen LogP contribution in [-0.4, -0.2) is 54.1 Å². The first-order chi connectivity index (χ1) is 15.5. The Hall–Kier alpha value is -3.45. The number of aryl methyl sites for hydroxylation is 2. The van der Waals surface area contributed by atoms with Crippen LogP contribution in [0, 0.1) is 13.8 Å². The molecule has 1 aliphatic rings. The summed E-state index contributed by atoms with van der Waals surface area (Å²) in [5.74, 6) is 1.27. The summed E-state index contributed by atoms with van der Waals surface area (Å²) in [5.41, 5.74) is 4.76. The van der Waals surface area contributed by atoms with Crippen LogP contribution < -0.4 is 14.8 Å². The van der Waals surface area contributed by atoms with Gasteiger partial charge in [0.05, 0.1) is 7.11 Å². The van der Waals surface area contributed by atoms with Crippen molar-refractivity contribution in [2.75, 3.05) is 38.7 Å². The van der Waals surface area contributed by atoms with E-state index in [4.69, 9.17) is 9.47 Å². The number of hydrogen-bond donors (Lipinski definition) is 1. The van der Waals surface area contributed by atoms with Crippen LogP contribution in [0.4, 0.5) is 5.69 Å². The number of carbonyl (C=O) groups is 1. The second-order valence-electron chi connectivity index (χ2n) is 7.86. The summed E-state index contributed by atoms with van der Waals surface area (Å²) < 4.78 is 11.3. The van der Waals surface area contributed by atoms with E-state index in [1.807, 2.05) is 32.0 Å². The molecule has 1 saturated heterocycles. The molecule has 2 heterocycles. The molecule has 7 heteroatoms. The summed E-state index contributed by atoms with van der Waals surface area (Å²) >= 11 is 0. The van der Waals surface area contributed by atoms with Gasteiger partial charge in [0.15, 0.2) is 0 Å². The van der Waals surface area contributed by atoms with Gasteiger partial charge in [0.1, 0.15) is 24.4 Å². The minimum Gasteiger partial charge on any atom is -0.497 e. The Morgan fingerprint density at radius 2 is 1.78 bits per heavy atom. The monoisotopic (exact) mass is 432 g/mol. The van der Waals surface area contributed by atoms with E-state index in [2.05, 4.69) is 20.2 Å². The Morgan fingerprint density at radius 3 is 2.41 bits per heavy atom. The number of benzene rings is 2. The first-order valence-electron chi connectivity index (χ1n) is 10.8.